The average Bonchev–Trinajstić information content (AvgIpc) is 3.24. The lowest BCUT2D eigenvalue weighted by Crippen LogP contribution is -2.42. The third kappa shape index (κ3) is 2.66. The molecule has 22 heavy (non-hydrogen) atoms. The van der Waals surface area contributed by atoms with Crippen molar-refractivity contribution in [2.24, 2.45) is 5.92 Å². The van der Waals surface area contributed by atoms with Crippen molar-refractivity contribution in [1.82, 2.24) is 5.32 Å². The van der Waals surface area contributed by atoms with Crippen LogP contribution in [0.5, 0.6) is 0 Å². The van der Waals surface area contributed by atoms with Crippen LogP contribution in [-0.4, -0.2) is 11.4 Å². The van der Waals surface area contributed by atoms with Crippen LogP contribution in [0.15, 0.2) is 60.7 Å². The zero-order chi connectivity index (χ0) is 15.8. The van der Waals surface area contributed by atoms with Crippen molar-refractivity contribution in [1.29, 1.82) is 0 Å². The summed E-state index contributed by atoms with van der Waals surface area (Å²) in [6.45, 7) is 6.08. The van der Waals surface area contributed by atoms with Gasteiger partial charge in [-0.1, -0.05) is 60.7 Å². The Morgan fingerprint density at radius 2 is 1.41 bits per heavy atom. The van der Waals surface area contributed by atoms with Crippen LogP contribution in [-0.2, 0) is 10.2 Å². The number of carbonyl (C=O) groups is 1. The molecule has 1 aliphatic carbocycles. The van der Waals surface area contributed by atoms with E-state index in [1.165, 1.54) is 11.1 Å². The standard InChI is InChI=1S/C20H23NO/c1-19(2,3)21-18(22)17-14-20(17,15-10-6-4-7-11-15)16-12-8-5-9-13-16/h4-13,17H,14H2,1-3H3,(H,21,22)/t17-/m1/s1. The van der Waals surface area contributed by atoms with Crippen molar-refractivity contribution in [2.75, 3.05) is 0 Å². The van der Waals surface area contributed by atoms with Gasteiger partial charge in [-0.25, -0.2) is 0 Å². The van der Waals surface area contributed by atoms with Crippen molar-refractivity contribution in [3.05, 3.63) is 71.8 Å². The van der Waals surface area contributed by atoms with Crippen LogP contribution in [0.3, 0.4) is 0 Å². The normalized spacial score (nSPS) is 19.5. The molecule has 0 spiro atoms. The highest BCUT2D eigenvalue weighted by molar-refractivity contribution is 5.86. The van der Waals surface area contributed by atoms with Crippen LogP contribution < -0.4 is 5.32 Å². The Morgan fingerprint density at radius 1 is 0.955 bits per heavy atom. The molecule has 2 nitrogen and oxygen atoms in total. The number of amides is 1. The second-order valence-electron chi connectivity index (χ2n) is 7.20. The van der Waals surface area contributed by atoms with Crippen LogP contribution in [0.1, 0.15) is 38.3 Å². The highest BCUT2D eigenvalue weighted by Gasteiger charge is 2.60. The van der Waals surface area contributed by atoms with Gasteiger partial charge in [0.15, 0.2) is 0 Å². The molecule has 0 unspecified atom stereocenters. The number of benzene rings is 2. The molecule has 0 saturated heterocycles. The van der Waals surface area contributed by atoms with Gasteiger partial charge in [0.25, 0.3) is 0 Å². The Kier molecular flexibility index (Phi) is 3.56. The molecule has 2 aromatic carbocycles. The minimum absolute atomic E-state index is 0.0107. The van der Waals surface area contributed by atoms with E-state index < -0.39 is 0 Å². The first-order chi connectivity index (χ1) is 10.4. The van der Waals surface area contributed by atoms with Gasteiger partial charge in [0.2, 0.25) is 5.91 Å². The molecule has 1 amide bonds. The Bertz CT molecular complexity index is 616. The molecule has 1 saturated carbocycles. The fourth-order valence-corrected chi connectivity index (χ4v) is 3.31. The van der Waals surface area contributed by atoms with Crippen molar-refractivity contribution < 1.29 is 4.79 Å². The molecule has 0 radical (unpaired) electrons. The van der Waals surface area contributed by atoms with Gasteiger partial charge in [-0.3, -0.25) is 4.79 Å². The topological polar surface area (TPSA) is 29.1 Å². The van der Waals surface area contributed by atoms with Crippen molar-refractivity contribution >= 4 is 5.91 Å². The average molecular weight is 293 g/mol. The lowest BCUT2D eigenvalue weighted by molar-refractivity contribution is -0.124. The summed E-state index contributed by atoms with van der Waals surface area (Å²) in [6, 6.07) is 20.8. The highest BCUT2D eigenvalue weighted by atomic mass is 16.2. The van der Waals surface area contributed by atoms with Gasteiger partial charge in [-0.2, -0.15) is 0 Å². The molecule has 1 aliphatic rings. The minimum atomic E-state index is -0.196. The molecule has 0 aromatic heterocycles. The number of hydrogen-bond acceptors (Lipinski definition) is 1. The molecule has 0 aliphatic heterocycles. The van der Waals surface area contributed by atoms with Crippen molar-refractivity contribution in [2.45, 2.75) is 38.1 Å². The van der Waals surface area contributed by atoms with E-state index in [4.69, 9.17) is 0 Å². The van der Waals surface area contributed by atoms with Crippen LogP contribution >= 0.6 is 0 Å². The second kappa shape index (κ2) is 5.28. The smallest absolute Gasteiger partial charge is 0.224 e. The van der Waals surface area contributed by atoms with Crippen LogP contribution in [0, 0.1) is 5.92 Å². The van der Waals surface area contributed by atoms with Crippen molar-refractivity contribution in [3.8, 4) is 0 Å². The van der Waals surface area contributed by atoms with Crippen LogP contribution in [0.25, 0.3) is 0 Å². The number of rotatable bonds is 3. The number of carbonyl (C=O) groups excluding carboxylic acids is 1. The van der Waals surface area contributed by atoms with E-state index >= 15 is 0 Å². The summed E-state index contributed by atoms with van der Waals surface area (Å²) in [5.41, 5.74) is 2.10. The maximum atomic E-state index is 12.7. The minimum Gasteiger partial charge on any atom is -0.351 e. The Labute approximate surface area is 132 Å². The molecule has 1 fully saturated rings. The SMILES string of the molecule is CC(C)(C)NC(=O)[C@H]1CC1(c1ccccc1)c1ccccc1. The fourth-order valence-electron chi connectivity index (χ4n) is 3.31. The first-order valence-electron chi connectivity index (χ1n) is 7.86. The number of nitrogens with one attached hydrogen (secondary N) is 1. The van der Waals surface area contributed by atoms with Gasteiger partial charge in [0.05, 0.1) is 5.92 Å². The van der Waals surface area contributed by atoms with Gasteiger partial charge < -0.3 is 5.32 Å². The second-order valence-corrected chi connectivity index (χ2v) is 7.20. The lowest BCUT2D eigenvalue weighted by atomic mass is 9.85. The number of hydrogen-bond donors (Lipinski definition) is 1. The molecule has 114 valence electrons. The molecule has 1 atom stereocenters. The molecule has 3 rings (SSSR count). The van der Waals surface area contributed by atoms with Crippen LogP contribution in [0.4, 0.5) is 0 Å². The van der Waals surface area contributed by atoms with E-state index in [-0.39, 0.29) is 22.8 Å². The van der Waals surface area contributed by atoms with Crippen LogP contribution in [0.2, 0.25) is 0 Å². The molecule has 0 heterocycles. The molecular formula is C20H23NO. The first-order valence-corrected chi connectivity index (χ1v) is 7.86. The van der Waals surface area contributed by atoms with Gasteiger partial charge >= 0.3 is 0 Å². The summed E-state index contributed by atoms with van der Waals surface area (Å²) < 4.78 is 0. The Hall–Kier alpha value is -2.09. The molecule has 2 heteroatoms. The summed E-state index contributed by atoms with van der Waals surface area (Å²) in [5.74, 6) is 0.164. The van der Waals surface area contributed by atoms with E-state index in [2.05, 4.69) is 53.8 Å². The predicted molar refractivity (Wildman–Crippen MR) is 89.7 cm³/mol. The molecule has 0 bridgehead atoms. The summed E-state index contributed by atoms with van der Waals surface area (Å²) in [7, 11) is 0. The third-order valence-electron chi connectivity index (χ3n) is 4.35. The highest BCUT2D eigenvalue weighted by Crippen LogP contribution is 2.58. The van der Waals surface area contributed by atoms with E-state index in [1.807, 2.05) is 32.9 Å². The first kappa shape index (κ1) is 14.8. The third-order valence-corrected chi connectivity index (χ3v) is 4.35. The summed E-state index contributed by atoms with van der Waals surface area (Å²) >= 11 is 0. The molecular weight excluding hydrogens is 270 g/mol. The quantitative estimate of drug-likeness (QED) is 0.913. The predicted octanol–water partition coefficient (Wildman–Crippen LogP) is 3.91. The monoisotopic (exact) mass is 293 g/mol. The van der Waals surface area contributed by atoms with E-state index in [0.29, 0.717) is 0 Å². The largest absolute Gasteiger partial charge is 0.351 e. The van der Waals surface area contributed by atoms with Gasteiger partial charge in [0.1, 0.15) is 0 Å². The van der Waals surface area contributed by atoms with Gasteiger partial charge in [-0.05, 0) is 38.3 Å². The summed E-state index contributed by atoms with van der Waals surface area (Å²) in [4.78, 5) is 12.7. The van der Waals surface area contributed by atoms with Crippen molar-refractivity contribution in [3.63, 3.8) is 0 Å². The molecule has 2 aromatic rings. The fraction of sp³-hybridized carbons (Fsp3) is 0.350. The molecule has 1 N–H and O–H groups in total. The zero-order valence-electron chi connectivity index (χ0n) is 13.5. The van der Waals surface area contributed by atoms with E-state index in [9.17, 15) is 4.79 Å². The van der Waals surface area contributed by atoms with Gasteiger partial charge in [0, 0.05) is 11.0 Å². The van der Waals surface area contributed by atoms with E-state index in [1.54, 1.807) is 0 Å². The maximum Gasteiger partial charge on any atom is 0.224 e. The zero-order valence-corrected chi connectivity index (χ0v) is 13.5. The van der Waals surface area contributed by atoms with E-state index in [0.717, 1.165) is 6.42 Å². The maximum absolute atomic E-state index is 12.7. The summed E-state index contributed by atoms with van der Waals surface area (Å²) in [6.07, 6.45) is 0.878. The summed E-state index contributed by atoms with van der Waals surface area (Å²) in [5, 5.41) is 3.14. The van der Waals surface area contributed by atoms with Gasteiger partial charge in [-0.15, -0.1) is 0 Å². The Balaban J connectivity index is 1.97. The Morgan fingerprint density at radius 3 is 1.82 bits per heavy atom. The lowest BCUT2D eigenvalue weighted by Gasteiger charge is -2.23.